The molecule has 1 fully saturated rings. The molecule has 2 aliphatic heterocycles. The number of fused-ring (bicyclic) bond motifs is 1. The van der Waals surface area contributed by atoms with Crippen LogP contribution in [0, 0.1) is 0 Å². The maximum atomic E-state index is 4.09. The van der Waals surface area contributed by atoms with Gasteiger partial charge < -0.3 is 10.7 Å². The van der Waals surface area contributed by atoms with Crippen LogP contribution in [-0.2, 0) is 0 Å². The average molecular weight is 204 g/mol. The summed E-state index contributed by atoms with van der Waals surface area (Å²) in [6.45, 7) is 0.906. The molecule has 3 rings (SSSR count). The molecule has 1 aromatic rings. The predicted octanol–water partition coefficient (Wildman–Crippen LogP) is -0.588. The lowest BCUT2D eigenvalue weighted by Crippen LogP contribution is -2.36. The lowest BCUT2D eigenvalue weighted by atomic mass is 10.3. The minimum atomic E-state index is 0.356. The number of hydrogen-bond acceptors (Lipinski definition) is 6. The number of amidine groups is 1. The zero-order valence-corrected chi connectivity index (χ0v) is 8.09. The van der Waals surface area contributed by atoms with E-state index in [2.05, 4.69) is 31.1 Å². The van der Waals surface area contributed by atoms with Crippen molar-refractivity contribution in [1.29, 1.82) is 0 Å². The van der Waals surface area contributed by atoms with Gasteiger partial charge in [0.1, 0.15) is 5.84 Å². The quantitative estimate of drug-likeness (QED) is 0.527. The average Bonchev–Trinajstić information content (AvgIpc) is 2.80. The summed E-state index contributed by atoms with van der Waals surface area (Å²) in [6.07, 6.45) is 10.1. The maximum Gasteiger partial charge on any atom is 0.140 e. The molecule has 2 aliphatic rings. The normalized spacial score (nSPS) is 21.3. The molecular formula is C9H12N6. The lowest BCUT2D eigenvalue weighted by molar-refractivity contribution is 0.677. The molecular weight excluding hydrogens is 192 g/mol. The predicted molar refractivity (Wildman–Crippen MR) is 56.7 cm³/mol. The fourth-order valence-corrected chi connectivity index (χ4v) is 1.22. The zero-order valence-electron chi connectivity index (χ0n) is 8.09. The van der Waals surface area contributed by atoms with E-state index in [-0.39, 0.29) is 0 Å². The highest BCUT2D eigenvalue weighted by atomic mass is 15.4. The molecule has 1 atom stereocenters. The molecule has 3 N–H and O–H groups in total. The molecule has 0 aliphatic carbocycles. The fourth-order valence-electron chi connectivity index (χ4n) is 1.22. The standard InChI is InChI=1S/C5H8N4.C4H4N2/c1-2-7-5-4(6-1)3-8-9-5;1-2-6-4-3-5-1/h1-2,4,6,8H,3H2,(H,7,9);1-4H. The first-order chi connectivity index (χ1) is 7.47. The Morgan fingerprint density at radius 2 is 1.87 bits per heavy atom. The van der Waals surface area contributed by atoms with Gasteiger partial charge in [-0.1, -0.05) is 0 Å². The molecule has 6 nitrogen and oxygen atoms in total. The van der Waals surface area contributed by atoms with E-state index in [1.54, 1.807) is 31.0 Å². The van der Waals surface area contributed by atoms with Gasteiger partial charge in [-0.3, -0.25) is 9.97 Å². The Balaban J connectivity index is 0.000000124. The first kappa shape index (κ1) is 9.60. The summed E-state index contributed by atoms with van der Waals surface area (Å²) in [7, 11) is 0. The van der Waals surface area contributed by atoms with Crippen molar-refractivity contribution in [1.82, 2.24) is 26.1 Å². The number of rotatable bonds is 0. The minimum Gasteiger partial charge on any atom is -0.379 e. The van der Waals surface area contributed by atoms with Gasteiger partial charge in [0.2, 0.25) is 0 Å². The molecule has 6 heteroatoms. The number of aromatic nitrogens is 2. The Kier molecular flexibility index (Phi) is 3.24. The van der Waals surface area contributed by atoms with Crippen molar-refractivity contribution in [2.24, 2.45) is 4.99 Å². The molecule has 0 aromatic carbocycles. The van der Waals surface area contributed by atoms with Gasteiger partial charge in [0.05, 0.1) is 6.04 Å². The summed E-state index contributed by atoms with van der Waals surface area (Å²) in [6, 6.07) is 0.356. The lowest BCUT2D eigenvalue weighted by Gasteiger charge is -2.10. The summed E-state index contributed by atoms with van der Waals surface area (Å²) >= 11 is 0. The van der Waals surface area contributed by atoms with E-state index in [1.165, 1.54) is 0 Å². The second kappa shape index (κ2) is 5.06. The van der Waals surface area contributed by atoms with Crippen molar-refractivity contribution in [3.63, 3.8) is 0 Å². The van der Waals surface area contributed by atoms with Gasteiger partial charge in [0.15, 0.2) is 0 Å². The number of hydrazine groups is 1. The fraction of sp³-hybridized carbons (Fsp3) is 0.222. The van der Waals surface area contributed by atoms with Crippen LogP contribution in [0.25, 0.3) is 0 Å². The Morgan fingerprint density at radius 1 is 1.13 bits per heavy atom. The molecule has 1 unspecified atom stereocenters. The largest absolute Gasteiger partial charge is 0.379 e. The Labute approximate surface area is 87.5 Å². The van der Waals surface area contributed by atoms with Crippen LogP contribution < -0.4 is 16.2 Å². The van der Waals surface area contributed by atoms with Gasteiger partial charge >= 0.3 is 0 Å². The molecule has 1 saturated heterocycles. The maximum absolute atomic E-state index is 4.09. The molecule has 1 aromatic heterocycles. The van der Waals surface area contributed by atoms with Crippen molar-refractivity contribution in [2.75, 3.05) is 6.54 Å². The molecule has 0 bridgehead atoms. The number of hydrogen-bond donors (Lipinski definition) is 3. The van der Waals surface area contributed by atoms with Gasteiger partial charge in [0.25, 0.3) is 0 Å². The smallest absolute Gasteiger partial charge is 0.140 e. The SMILES string of the molecule is C1=CNC2CNNC2=N1.c1cnccn1. The van der Waals surface area contributed by atoms with E-state index >= 15 is 0 Å². The molecule has 78 valence electrons. The monoisotopic (exact) mass is 204 g/mol. The van der Waals surface area contributed by atoms with Gasteiger partial charge in [-0.15, -0.1) is 0 Å². The highest BCUT2D eigenvalue weighted by Gasteiger charge is 2.21. The van der Waals surface area contributed by atoms with E-state index in [4.69, 9.17) is 0 Å². The number of nitrogens with zero attached hydrogens (tertiary/aromatic N) is 3. The molecule has 0 amide bonds. The van der Waals surface area contributed by atoms with Crippen LogP contribution in [-0.4, -0.2) is 28.4 Å². The van der Waals surface area contributed by atoms with Crippen molar-refractivity contribution in [3.05, 3.63) is 37.2 Å². The van der Waals surface area contributed by atoms with E-state index < -0.39 is 0 Å². The third kappa shape index (κ3) is 2.75. The Morgan fingerprint density at radius 3 is 2.47 bits per heavy atom. The van der Waals surface area contributed by atoms with Crippen LogP contribution in [0.15, 0.2) is 42.2 Å². The van der Waals surface area contributed by atoms with Crippen LogP contribution in [0.5, 0.6) is 0 Å². The summed E-state index contributed by atoms with van der Waals surface area (Å²) in [4.78, 5) is 11.5. The molecule has 0 radical (unpaired) electrons. The highest BCUT2D eigenvalue weighted by molar-refractivity contribution is 5.90. The second-order valence-corrected chi connectivity index (χ2v) is 2.95. The van der Waals surface area contributed by atoms with Gasteiger partial charge in [-0.2, -0.15) is 0 Å². The topological polar surface area (TPSA) is 74.2 Å². The van der Waals surface area contributed by atoms with Crippen LogP contribution in [0.2, 0.25) is 0 Å². The zero-order chi connectivity index (χ0) is 10.3. The first-order valence-corrected chi connectivity index (χ1v) is 4.64. The summed E-state index contributed by atoms with van der Waals surface area (Å²) < 4.78 is 0. The van der Waals surface area contributed by atoms with E-state index in [0.717, 1.165) is 12.4 Å². The molecule has 15 heavy (non-hydrogen) atoms. The highest BCUT2D eigenvalue weighted by Crippen LogP contribution is 1.96. The second-order valence-electron chi connectivity index (χ2n) is 2.95. The van der Waals surface area contributed by atoms with Crippen molar-refractivity contribution < 1.29 is 0 Å². The third-order valence-corrected chi connectivity index (χ3v) is 1.92. The van der Waals surface area contributed by atoms with Crippen molar-refractivity contribution >= 4 is 5.84 Å². The van der Waals surface area contributed by atoms with Crippen molar-refractivity contribution in [2.45, 2.75) is 6.04 Å². The number of nitrogens with one attached hydrogen (secondary N) is 3. The summed E-state index contributed by atoms with van der Waals surface area (Å²) in [5.41, 5.74) is 5.93. The van der Waals surface area contributed by atoms with E-state index in [1.807, 2.05) is 6.20 Å². The van der Waals surface area contributed by atoms with Crippen LogP contribution >= 0.6 is 0 Å². The summed E-state index contributed by atoms with van der Waals surface area (Å²) in [5, 5.41) is 3.14. The van der Waals surface area contributed by atoms with Crippen LogP contribution in [0.4, 0.5) is 0 Å². The Bertz CT molecular complexity index is 320. The van der Waals surface area contributed by atoms with Crippen LogP contribution in [0.1, 0.15) is 0 Å². The Hall–Kier alpha value is -1.95. The molecule has 3 heterocycles. The summed E-state index contributed by atoms with van der Waals surface area (Å²) in [5.74, 6) is 0.984. The molecule has 0 saturated carbocycles. The van der Waals surface area contributed by atoms with Gasteiger partial charge in [-0.25, -0.2) is 10.4 Å². The van der Waals surface area contributed by atoms with Crippen molar-refractivity contribution in [3.8, 4) is 0 Å². The van der Waals surface area contributed by atoms with E-state index in [9.17, 15) is 0 Å². The minimum absolute atomic E-state index is 0.356. The third-order valence-electron chi connectivity index (χ3n) is 1.92. The van der Waals surface area contributed by atoms with Gasteiger partial charge in [0, 0.05) is 43.7 Å². The first-order valence-electron chi connectivity index (χ1n) is 4.64. The van der Waals surface area contributed by atoms with Gasteiger partial charge in [-0.05, 0) is 0 Å². The number of aliphatic imine (C=N–C) groups is 1. The van der Waals surface area contributed by atoms with Crippen LogP contribution in [0.3, 0.4) is 0 Å². The van der Waals surface area contributed by atoms with E-state index in [0.29, 0.717) is 6.04 Å². The molecule has 0 spiro atoms.